The second kappa shape index (κ2) is 7.23. The Morgan fingerprint density at radius 1 is 1.19 bits per heavy atom. The average molecular weight is 283 g/mol. The number of aryl methyl sites for hydroxylation is 1. The van der Waals surface area contributed by atoms with Crippen LogP contribution in [0.25, 0.3) is 0 Å². The summed E-state index contributed by atoms with van der Waals surface area (Å²) in [5, 5.41) is 3.47. The highest BCUT2D eigenvalue weighted by Crippen LogP contribution is 2.19. The smallest absolute Gasteiger partial charge is 0.0598 e. The van der Waals surface area contributed by atoms with Gasteiger partial charge in [0, 0.05) is 31.5 Å². The lowest BCUT2D eigenvalue weighted by atomic mass is 10.1. The van der Waals surface area contributed by atoms with Crippen LogP contribution in [0.3, 0.4) is 0 Å². The van der Waals surface area contributed by atoms with Gasteiger partial charge in [-0.25, -0.2) is 0 Å². The lowest BCUT2D eigenvalue weighted by Crippen LogP contribution is -2.22. The highest BCUT2D eigenvalue weighted by molar-refractivity contribution is 5.50. The first kappa shape index (κ1) is 15.5. The van der Waals surface area contributed by atoms with Crippen LogP contribution < -0.4 is 10.2 Å². The molecule has 0 unspecified atom stereocenters. The molecule has 21 heavy (non-hydrogen) atoms. The van der Waals surface area contributed by atoms with E-state index in [0.29, 0.717) is 6.04 Å². The first-order valence-electron chi connectivity index (χ1n) is 7.50. The fraction of sp³-hybridized carbons (Fsp3) is 0.389. The number of nitrogens with zero attached hydrogens (tertiary/aromatic N) is 2. The van der Waals surface area contributed by atoms with E-state index >= 15 is 0 Å². The molecule has 0 aliphatic rings. The number of aromatic nitrogens is 1. The van der Waals surface area contributed by atoms with Crippen molar-refractivity contribution in [1.82, 2.24) is 10.3 Å². The molecule has 0 bridgehead atoms. The summed E-state index contributed by atoms with van der Waals surface area (Å²) >= 11 is 0. The van der Waals surface area contributed by atoms with Gasteiger partial charge in [-0.2, -0.15) is 0 Å². The molecule has 1 heterocycles. The maximum atomic E-state index is 4.38. The Hall–Kier alpha value is -1.87. The average Bonchev–Trinajstić information content (AvgIpc) is 2.46. The Bertz CT molecular complexity index is 564. The van der Waals surface area contributed by atoms with Crippen molar-refractivity contribution in [2.75, 3.05) is 11.9 Å². The third kappa shape index (κ3) is 4.57. The van der Waals surface area contributed by atoms with E-state index in [2.05, 4.69) is 67.3 Å². The van der Waals surface area contributed by atoms with Crippen molar-refractivity contribution in [3.8, 4) is 0 Å². The molecule has 0 fully saturated rings. The van der Waals surface area contributed by atoms with Crippen LogP contribution in [-0.2, 0) is 13.1 Å². The van der Waals surface area contributed by atoms with Crippen LogP contribution >= 0.6 is 0 Å². The summed E-state index contributed by atoms with van der Waals surface area (Å²) in [6.45, 7) is 8.27. The Morgan fingerprint density at radius 3 is 2.62 bits per heavy atom. The molecule has 0 aliphatic heterocycles. The Morgan fingerprint density at radius 2 is 2.00 bits per heavy atom. The van der Waals surface area contributed by atoms with Gasteiger partial charge in [-0.15, -0.1) is 0 Å². The second-order valence-electron chi connectivity index (χ2n) is 5.82. The zero-order valence-corrected chi connectivity index (χ0v) is 13.4. The van der Waals surface area contributed by atoms with Crippen molar-refractivity contribution in [1.29, 1.82) is 0 Å². The van der Waals surface area contributed by atoms with Crippen LogP contribution in [0.15, 0.2) is 42.6 Å². The molecule has 0 amide bonds. The van der Waals surface area contributed by atoms with Crippen molar-refractivity contribution in [2.45, 2.75) is 39.9 Å². The third-order valence-corrected chi connectivity index (χ3v) is 3.59. The molecule has 0 aliphatic carbocycles. The van der Waals surface area contributed by atoms with Crippen molar-refractivity contribution in [3.63, 3.8) is 0 Å². The van der Waals surface area contributed by atoms with Crippen LogP contribution in [0.4, 0.5) is 5.69 Å². The van der Waals surface area contributed by atoms with E-state index in [1.165, 1.54) is 16.8 Å². The molecule has 0 radical (unpaired) electrons. The van der Waals surface area contributed by atoms with Crippen LogP contribution in [0.2, 0.25) is 0 Å². The molecule has 1 aromatic heterocycles. The largest absolute Gasteiger partial charge is 0.369 e. The van der Waals surface area contributed by atoms with E-state index in [0.717, 1.165) is 18.8 Å². The maximum absolute atomic E-state index is 4.38. The van der Waals surface area contributed by atoms with E-state index in [-0.39, 0.29) is 0 Å². The van der Waals surface area contributed by atoms with E-state index in [4.69, 9.17) is 0 Å². The number of pyridine rings is 1. The minimum atomic E-state index is 0.510. The van der Waals surface area contributed by atoms with Gasteiger partial charge in [0.15, 0.2) is 0 Å². The first-order valence-corrected chi connectivity index (χ1v) is 7.50. The number of hydrogen-bond acceptors (Lipinski definition) is 3. The summed E-state index contributed by atoms with van der Waals surface area (Å²) in [6.07, 6.45) is 1.84. The molecule has 1 aromatic carbocycles. The molecule has 112 valence electrons. The van der Waals surface area contributed by atoms with Gasteiger partial charge in [-0.05, 0) is 42.3 Å². The molecule has 0 atom stereocenters. The summed E-state index contributed by atoms with van der Waals surface area (Å²) in [6, 6.07) is 13.2. The minimum Gasteiger partial charge on any atom is -0.369 e. The highest BCUT2D eigenvalue weighted by Gasteiger charge is 2.06. The van der Waals surface area contributed by atoms with Gasteiger partial charge in [-0.1, -0.05) is 26.0 Å². The van der Waals surface area contributed by atoms with Gasteiger partial charge in [0.05, 0.1) is 12.2 Å². The van der Waals surface area contributed by atoms with Crippen LogP contribution in [0.1, 0.15) is 30.7 Å². The molecular formula is C18H25N3. The van der Waals surface area contributed by atoms with Crippen LogP contribution in [0, 0.1) is 6.92 Å². The molecule has 3 heteroatoms. The molecule has 1 N–H and O–H groups in total. The minimum absolute atomic E-state index is 0.510. The van der Waals surface area contributed by atoms with Gasteiger partial charge in [0.25, 0.3) is 0 Å². The molecular weight excluding hydrogens is 258 g/mol. The predicted molar refractivity (Wildman–Crippen MR) is 89.5 cm³/mol. The van der Waals surface area contributed by atoms with Crippen LogP contribution in [-0.4, -0.2) is 18.1 Å². The van der Waals surface area contributed by atoms with Crippen molar-refractivity contribution in [3.05, 3.63) is 59.4 Å². The van der Waals surface area contributed by atoms with Gasteiger partial charge in [0.1, 0.15) is 0 Å². The van der Waals surface area contributed by atoms with Gasteiger partial charge < -0.3 is 10.2 Å². The maximum Gasteiger partial charge on any atom is 0.0598 e. The first-order chi connectivity index (χ1) is 10.1. The predicted octanol–water partition coefficient (Wildman–Crippen LogP) is 3.52. The standard InChI is InChI=1S/C18H25N3/c1-14(2)20-12-16-8-9-18(11-15(16)3)21(4)13-17-7-5-6-10-19-17/h5-11,14,20H,12-13H2,1-4H3. The molecule has 2 aromatic rings. The van der Waals surface area contributed by atoms with E-state index in [1.54, 1.807) is 0 Å². The van der Waals surface area contributed by atoms with E-state index in [9.17, 15) is 0 Å². The number of benzene rings is 1. The quantitative estimate of drug-likeness (QED) is 0.879. The monoisotopic (exact) mass is 283 g/mol. The van der Waals surface area contributed by atoms with Crippen LogP contribution in [0.5, 0.6) is 0 Å². The normalized spacial score (nSPS) is 10.9. The summed E-state index contributed by atoms with van der Waals surface area (Å²) in [5.74, 6) is 0. The summed E-state index contributed by atoms with van der Waals surface area (Å²) in [7, 11) is 2.11. The van der Waals surface area contributed by atoms with Crippen molar-refractivity contribution >= 4 is 5.69 Å². The van der Waals surface area contributed by atoms with E-state index < -0.39 is 0 Å². The highest BCUT2D eigenvalue weighted by atomic mass is 15.1. The molecule has 2 rings (SSSR count). The zero-order chi connectivity index (χ0) is 15.2. The number of anilines is 1. The lowest BCUT2D eigenvalue weighted by Gasteiger charge is -2.20. The second-order valence-corrected chi connectivity index (χ2v) is 5.82. The lowest BCUT2D eigenvalue weighted by molar-refractivity contribution is 0.587. The fourth-order valence-corrected chi connectivity index (χ4v) is 2.26. The summed E-state index contributed by atoms with van der Waals surface area (Å²) in [5.41, 5.74) is 5.00. The molecule has 0 spiro atoms. The number of hydrogen-bond donors (Lipinski definition) is 1. The summed E-state index contributed by atoms with van der Waals surface area (Å²) in [4.78, 5) is 6.61. The molecule has 0 saturated carbocycles. The molecule has 0 saturated heterocycles. The fourth-order valence-electron chi connectivity index (χ4n) is 2.26. The summed E-state index contributed by atoms with van der Waals surface area (Å²) < 4.78 is 0. The van der Waals surface area contributed by atoms with Crippen molar-refractivity contribution < 1.29 is 0 Å². The third-order valence-electron chi connectivity index (χ3n) is 3.59. The Kier molecular flexibility index (Phi) is 5.34. The Balaban J connectivity index is 2.05. The Labute approximate surface area is 128 Å². The SMILES string of the molecule is Cc1cc(N(C)Cc2ccccn2)ccc1CNC(C)C. The number of nitrogens with one attached hydrogen (secondary N) is 1. The van der Waals surface area contributed by atoms with Gasteiger partial charge in [0.2, 0.25) is 0 Å². The number of rotatable bonds is 6. The van der Waals surface area contributed by atoms with E-state index in [1.807, 2.05) is 18.3 Å². The van der Waals surface area contributed by atoms with Gasteiger partial charge >= 0.3 is 0 Å². The van der Waals surface area contributed by atoms with Crippen molar-refractivity contribution in [2.24, 2.45) is 0 Å². The topological polar surface area (TPSA) is 28.2 Å². The molecule has 3 nitrogen and oxygen atoms in total. The van der Waals surface area contributed by atoms with Gasteiger partial charge in [-0.3, -0.25) is 4.98 Å². The zero-order valence-electron chi connectivity index (χ0n) is 13.4.